The second kappa shape index (κ2) is 15.2. The van der Waals surface area contributed by atoms with Crippen molar-refractivity contribution in [2.45, 2.75) is 78.2 Å². The van der Waals surface area contributed by atoms with Crippen LogP contribution in [-0.2, 0) is 24.6 Å². The van der Waals surface area contributed by atoms with Crippen LogP contribution in [0.15, 0.2) is 42.0 Å². The Morgan fingerprint density at radius 1 is 0.872 bits per heavy atom. The molecule has 1 aromatic rings. The van der Waals surface area contributed by atoms with Gasteiger partial charge in [0.1, 0.15) is 6.04 Å². The average molecular weight is 560 g/mol. The molecule has 0 bridgehead atoms. The Bertz CT molecular complexity index is 1010. The van der Waals surface area contributed by atoms with Crippen LogP contribution >= 0.6 is 0 Å². The second-order valence-corrected chi connectivity index (χ2v) is 10.3. The molecule has 0 spiro atoms. The third-order valence-electron chi connectivity index (χ3n) is 6.07. The first-order chi connectivity index (χ1) is 17.8. The smallest absolute Gasteiger partial charge is 0.478 e. The third-order valence-corrected chi connectivity index (χ3v) is 6.07. The maximum atomic E-state index is 13.3. The number of rotatable bonds is 11. The fourth-order valence-electron chi connectivity index (χ4n) is 3.62. The third kappa shape index (κ3) is 11.5. The number of aliphatic carboxylic acids is 2. The van der Waals surface area contributed by atoms with Crippen LogP contribution < -0.4 is 16.0 Å². The van der Waals surface area contributed by atoms with E-state index < -0.39 is 41.7 Å². The van der Waals surface area contributed by atoms with Crippen molar-refractivity contribution in [3.05, 3.63) is 47.5 Å². The molecular formula is C27H40F3N3O6. The van der Waals surface area contributed by atoms with E-state index >= 15 is 0 Å². The maximum absolute atomic E-state index is 13.3. The molecule has 0 fully saturated rings. The van der Waals surface area contributed by atoms with Crippen LogP contribution in [-0.4, -0.2) is 65.3 Å². The van der Waals surface area contributed by atoms with Gasteiger partial charge in [0.2, 0.25) is 11.8 Å². The number of hydrogen-bond acceptors (Lipinski definition) is 5. The number of carboxylic acid groups (broad SMARTS) is 2. The topological polar surface area (TPSA) is 145 Å². The molecular weight excluding hydrogens is 519 g/mol. The average Bonchev–Trinajstić information content (AvgIpc) is 2.82. The molecule has 12 heteroatoms. The molecule has 1 rings (SSSR count). The fraction of sp³-hybridized carbons (Fsp3) is 0.556. The van der Waals surface area contributed by atoms with Crippen LogP contribution in [0.25, 0.3) is 0 Å². The number of alkyl halides is 3. The van der Waals surface area contributed by atoms with E-state index in [4.69, 9.17) is 9.90 Å². The summed E-state index contributed by atoms with van der Waals surface area (Å²) in [4.78, 5) is 46.5. The van der Waals surface area contributed by atoms with Crippen LogP contribution in [0.1, 0.15) is 54.0 Å². The standard InChI is InChI=1S/C25H39N3O4.C2HF3O2/c1-15(2)19(14-17(5)24(31)32)27-22(29)20(16(3)4)28-23(30)21(26-8)25(6,7)18-12-10-9-11-13-18;3-2(4,5)1(6)7/h9-16,19-21,26H,1-8H3,(H,27,29)(H,28,30)(H,31,32);(H,6,7)/b17-14+;/t19-,20+,21-;/m1./s1. The highest BCUT2D eigenvalue weighted by Crippen LogP contribution is 2.27. The normalized spacial score (nSPS) is 14.5. The minimum atomic E-state index is -5.08. The lowest BCUT2D eigenvalue weighted by Crippen LogP contribution is -2.59. The van der Waals surface area contributed by atoms with Crippen molar-refractivity contribution < 1.29 is 42.6 Å². The highest BCUT2D eigenvalue weighted by molar-refractivity contribution is 5.91. The van der Waals surface area contributed by atoms with Gasteiger partial charge in [0, 0.05) is 11.0 Å². The SMILES string of the molecule is CN[C@H](C(=O)N[C@H](C(=O)N[C@H](/C=C(\C)C(=O)O)C(C)C)C(C)C)C(C)(C)c1ccccc1.O=C(O)C(F)(F)F. The lowest BCUT2D eigenvalue weighted by atomic mass is 9.77. The Kier molecular flexibility index (Phi) is 13.9. The number of hydrogen-bond donors (Lipinski definition) is 5. The number of carbonyl (C=O) groups excluding carboxylic acids is 2. The largest absolute Gasteiger partial charge is 0.490 e. The minimum Gasteiger partial charge on any atom is -0.478 e. The zero-order chi connectivity index (χ0) is 30.7. The van der Waals surface area contributed by atoms with Gasteiger partial charge in [-0.2, -0.15) is 13.2 Å². The van der Waals surface area contributed by atoms with Gasteiger partial charge in [-0.05, 0) is 31.4 Å². The zero-order valence-electron chi connectivity index (χ0n) is 23.5. The molecule has 0 aliphatic rings. The molecule has 0 aliphatic carbocycles. The Labute approximate surface area is 227 Å². The Hall–Kier alpha value is -3.41. The van der Waals surface area contributed by atoms with Crippen molar-refractivity contribution in [3.63, 3.8) is 0 Å². The summed E-state index contributed by atoms with van der Waals surface area (Å²) in [5.74, 6) is -4.57. The monoisotopic (exact) mass is 559 g/mol. The van der Waals surface area contributed by atoms with Gasteiger partial charge in [-0.15, -0.1) is 0 Å². The number of likely N-dealkylation sites (N-methyl/N-ethyl adjacent to an activating group) is 1. The van der Waals surface area contributed by atoms with Gasteiger partial charge in [0.15, 0.2) is 0 Å². The van der Waals surface area contributed by atoms with E-state index in [9.17, 15) is 32.7 Å². The predicted molar refractivity (Wildman–Crippen MR) is 141 cm³/mol. The molecule has 39 heavy (non-hydrogen) atoms. The quantitative estimate of drug-likeness (QED) is 0.261. The Morgan fingerprint density at radius 3 is 1.72 bits per heavy atom. The number of amides is 2. The molecule has 220 valence electrons. The Balaban J connectivity index is 0.00000181. The number of carbonyl (C=O) groups is 4. The van der Waals surface area contributed by atoms with Crippen LogP contribution in [0.4, 0.5) is 13.2 Å². The first-order valence-electron chi connectivity index (χ1n) is 12.3. The van der Waals surface area contributed by atoms with Crippen LogP contribution in [0.3, 0.4) is 0 Å². The van der Waals surface area contributed by atoms with Gasteiger partial charge in [-0.1, -0.05) is 78.0 Å². The summed E-state index contributed by atoms with van der Waals surface area (Å²) in [5.41, 5.74) is 0.656. The van der Waals surface area contributed by atoms with Crippen LogP contribution in [0, 0.1) is 11.8 Å². The van der Waals surface area contributed by atoms with E-state index in [1.807, 2.05) is 71.9 Å². The molecule has 9 nitrogen and oxygen atoms in total. The molecule has 0 saturated heterocycles. The Morgan fingerprint density at radius 2 is 1.36 bits per heavy atom. The summed E-state index contributed by atoms with van der Waals surface area (Å²) in [5, 5.41) is 25.2. The summed E-state index contributed by atoms with van der Waals surface area (Å²) in [7, 11) is 1.73. The van der Waals surface area contributed by atoms with E-state index in [1.54, 1.807) is 13.1 Å². The summed E-state index contributed by atoms with van der Waals surface area (Å²) >= 11 is 0. The van der Waals surface area contributed by atoms with Gasteiger partial charge >= 0.3 is 18.1 Å². The van der Waals surface area contributed by atoms with E-state index in [0.29, 0.717) is 0 Å². The molecule has 1 aromatic carbocycles. The predicted octanol–water partition coefficient (Wildman–Crippen LogP) is 3.50. The molecule has 3 atom stereocenters. The molecule has 0 heterocycles. The lowest BCUT2D eigenvalue weighted by Gasteiger charge is -2.35. The summed E-state index contributed by atoms with van der Waals surface area (Å²) < 4.78 is 31.7. The van der Waals surface area contributed by atoms with E-state index in [-0.39, 0.29) is 29.2 Å². The molecule has 5 N–H and O–H groups in total. The molecule has 0 radical (unpaired) electrons. The first-order valence-corrected chi connectivity index (χ1v) is 12.3. The maximum Gasteiger partial charge on any atom is 0.490 e. The molecule has 2 amide bonds. The molecule has 0 saturated carbocycles. The van der Waals surface area contributed by atoms with E-state index in [1.165, 1.54) is 6.92 Å². The van der Waals surface area contributed by atoms with Gasteiger partial charge in [-0.3, -0.25) is 9.59 Å². The van der Waals surface area contributed by atoms with Crippen LogP contribution in [0.5, 0.6) is 0 Å². The first kappa shape index (κ1) is 35.6. The van der Waals surface area contributed by atoms with E-state index in [2.05, 4.69) is 16.0 Å². The van der Waals surface area contributed by atoms with Gasteiger partial charge in [0.05, 0.1) is 12.1 Å². The minimum absolute atomic E-state index is 0.0150. The number of nitrogens with one attached hydrogen (secondary N) is 3. The zero-order valence-corrected chi connectivity index (χ0v) is 23.5. The highest BCUT2D eigenvalue weighted by Gasteiger charge is 2.39. The molecule has 0 unspecified atom stereocenters. The fourth-order valence-corrected chi connectivity index (χ4v) is 3.62. The summed E-state index contributed by atoms with van der Waals surface area (Å²) in [6.45, 7) is 13.0. The van der Waals surface area contributed by atoms with Crippen molar-refractivity contribution in [1.29, 1.82) is 0 Å². The molecule has 0 aromatic heterocycles. The van der Waals surface area contributed by atoms with Gasteiger partial charge in [-0.25, -0.2) is 9.59 Å². The van der Waals surface area contributed by atoms with Crippen molar-refractivity contribution in [1.82, 2.24) is 16.0 Å². The summed E-state index contributed by atoms with van der Waals surface area (Å²) in [6, 6.07) is 7.98. The van der Waals surface area contributed by atoms with Crippen molar-refractivity contribution >= 4 is 23.8 Å². The van der Waals surface area contributed by atoms with Gasteiger partial charge in [0.25, 0.3) is 0 Å². The lowest BCUT2D eigenvalue weighted by molar-refractivity contribution is -0.192. The summed E-state index contributed by atoms with van der Waals surface area (Å²) in [6.07, 6.45) is -3.54. The molecule has 0 aliphatic heterocycles. The van der Waals surface area contributed by atoms with Crippen molar-refractivity contribution in [3.8, 4) is 0 Å². The van der Waals surface area contributed by atoms with Crippen molar-refractivity contribution in [2.24, 2.45) is 11.8 Å². The van der Waals surface area contributed by atoms with Crippen LogP contribution in [0.2, 0.25) is 0 Å². The number of halogens is 3. The van der Waals surface area contributed by atoms with Gasteiger partial charge < -0.3 is 26.2 Å². The van der Waals surface area contributed by atoms with E-state index in [0.717, 1.165) is 5.56 Å². The highest BCUT2D eigenvalue weighted by atomic mass is 19.4. The number of benzene rings is 1. The second-order valence-electron chi connectivity index (χ2n) is 10.3. The van der Waals surface area contributed by atoms with Crippen molar-refractivity contribution in [2.75, 3.05) is 7.05 Å². The number of carboxylic acids is 2.